The zero-order valence-corrected chi connectivity index (χ0v) is 18.1. The van der Waals surface area contributed by atoms with E-state index in [0.717, 1.165) is 18.7 Å². The zero-order valence-electron chi connectivity index (χ0n) is 16.5. The molecule has 2 rings (SSSR count). The molecule has 2 aromatic rings. The van der Waals surface area contributed by atoms with E-state index in [1.54, 1.807) is 6.92 Å². The van der Waals surface area contributed by atoms with E-state index in [1.807, 2.05) is 6.92 Å². The largest absolute Gasteiger partial charge is 0.368 e. The van der Waals surface area contributed by atoms with Crippen LogP contribution >= 0.6 is 0 Å². The van der Waals surface area contributed by atoms with Crippen LogP contribution in [-0.4, -0.2) is 60.0 Å². The number of nitrogen functional groups attached to an aromatic ring is 1. The molecule has 0 saturated carbocycles. The van der Waals surface area contributed by atoms with Crippen LogP contribution in [0.4, 0.5) is 16.2 Å². The van der Waals surface area contributed by atoms with Crippen LogP contribution in [-0.2, 0) is 24.4 Å². The number of pyridine rings is 1. The fourth-order valence-corrected chi connectivity index (χ4v) is 4.83. The molecular formula is C16H24FN5O6S2. The molecule has 0 fully saturated rings. The molecule has 0 unspecified atom stereocenters. The van der Waals surface area contributed by atoms with Crippen molar-refractivity contribution in [3.05, 3.63) is 18.1 Å². The van der Waals surface area contributed by atoms with E-state index in [0.29, 0.717) is 12.8 Å². The fraction of sp³-hybridized carbons (Fsp3) is 0.562. The highest BCUT2D eigenvalue weighted by Gasteiger charge is 2.29. The van der Waals surface area contributed by atoms with Gasteiger partial charge in [-0.1, -0.05) is 19.8 Å². The van der Waals surface area contributed by atoms with Crippen molar-refractivity contribution in [3.8, 4) is 0 Å². The van der Waals surface area contributed by atoms with Gasteiger partial charge in [-0.15, -0.1) is 0 Å². The minimum Gasteiger partial charge on any atom is -0.368 e. The van der Waals surface area contributed by atoms with Crippen LogP contribution in [0.25, 0.3) is 11.0 Å². The molecule has 30 heavy (non-hydrogen) atoms. The molecule has 4 N–H and O–H groups in total. The van der Waals surface area contributed by atoms with Crippen molar-refractivity contribution in [3.63, 3.8) is 0 Å². The Bertz CT molecular complexity index is 1110. The Morgan fingerprint density at radius 1 is 1.27 bits per heavy atom. The monoisotopic (exact) mass is 465 g/mol. The zero-order chi connectivity index (χ0) is 22.6. The third-order valence-corrected chi connectivity index (χ3v) is 6.33. The smallest absolute Gasteiger partial charge is 0.268 e. The van der Waals surface area contributed by atoms with Crippen molar-refractivity contribution in [2.45, 2.75) is 38.6 Å². The lowest BCUT2D eigenvalue weighted by Gasteiger charge is -2.31. The number of anilines is 2. The molecule has 2 heterocycles. The third kappa shape index (κ3) is 7.27. The van der Waals surface area contributed by atoms with Gasteiger partial charge in [-0.05, 0) is 13.3 Å². The van der Waals surface area contributed by atoms with Crippen LogP contribution in [0.5, 0.6) is 0 Å². The SMILES string of the molecule is CCCC[C@](C)(COS(=O)(=O)CCS(=O)(=O)O)Nc1nc(N)nc2cc(F)cnc12. The summed E-state index contributed by atoms with van der Waals surface area (Å²) in [4.78, 5) is 12.0. The number of hydrogen-bond donors (Lipinski definition) is 3. The molecule has 0 aromatic carbocycles. The first kappa shape index (κ1) is 24.1. The maximum Gasteiger partial charge on any atom is 0.268 e. The van der Waals surface area contributed by atoms with Gasteiger partial charge in [0.15, 0.2) is 5.82 Å². The first-order valence-corrected chi connectivity index (χ1v) is 12.2. The second-order valence-electron chi connectivity index (χ2n) is 7.05. The molecule has 0 saturated heterocycles. The number of unbranched alkanes of at least 4 members (excludes halogenated alkanes) is 1. The van der Waals surface area contributed by atoms with Gasteiger partial charge in [0.25, 0.3) is 20.2 Å². The molecule has 0 spiro atoms. The van der Waals surface area contributed by atoms with Gasteiger partial charge in [-0.3, -0.25) is 8.74 Å². The number of nitrogens with zero attached hydrogens (tertiary/aromatic N) is 3. The van der Waals surface area contributed by atoms with E-state index in [2.05, 4.69) is 20.3 Å². The Hall–Kier alpha value is -2.16. The van der Waals surface area contributed by atoms with Gasteiger partial charge in [-0.25, -0.2) is 14.4 Å². The Kier molecular flexibility index (Phi) is 7.49. The average Bonchev–Trinajstić information content (AvgIpc) is 2.62. The minimum absolute atomic E-state index is 0.128. The van der Waals surface area contributed by atoms with E-state index in [-0.39, 0.29) is 29.4 Å². The van der Waals surface area contributed by atoms with E-state index >= 15 is 0 Å². The molecule has 0 amide bonds. The highest BCUT2D eigenvalue weighted by Crippen LogP contribution is 2.26. The molecule has 0 radical (unpaired) electrons. The molecule has 0 aliphatic carbocycles. The topological polar surface area (TPSA) is 174 Å². The molecule has 2 aromatic heterocycles. The third-order valence-electron chi connectivity index (χ3n) is 4.17. The lowest BCUT2D eigenvalue weighted by Crippen LogP contribution is -2.41. The molecule has 168 valence electrons. The lowest BCUT2D eigenvalue weighted by atomic mass is 9.96. The van der Waals surface area contributed by atoms with Crippen molar-refractivity contribution < 1.29 is 30.0 Å². The van der Waals surface area contributed by atoms with Gasteiger partial charge in [0, 0.05) is 6.07 Å². The van der Waals surface area contributed by atoms with Gasteiger partial charge < -0.3 is 11.1 Å². The molecular weight excluding hydrogens is 441 g/mol. The molecule has 0 bridgehead atoms. The summed E-state index contributed by atoms with van der Waals surface area (Å²) in [5.41, 5.74) is 5.14. The lowest BCUT2D eigenvalue weighted by molar-refractivity contribution is 0.238. The summed E-state index contributed by atoms with van der Waals surface area (Å²) in [5, 5.41) is 3.07. The average molecular weight is 466 g/mol. The van der Waals surface area contributed by atoms with E-state index in [1.165, 1.54) is 0 Å². The summed E-state index contributed by atoms with van der Waals surface area (Å²) in [7, 11) is -8.67. The maximum atomic E-state index is 13.5. The normalized spacial score (nSPS) is 14.5. The quantitative estimate of drug-likeness (QED) is 0.322. The number of nitrogens with one attached hydrogen (secondary N) is 1. The van der Waals surface area contributed by atoms with Gasteiger partial charge in [0.1, 0.15) is 11.3 Å². The van der Waals surface area contributed by atoms with Crippen molar-refractivity contribution in [2.75, 3.05) is 29.2 Å². The summed E-state index contributed by atoms with van der Waals surface area (Å²) in [6.45, 7) is 3.29. The second-order valence-corrected chi connectivity index (χ2v) is 10.4. The number of hydrogen-bond acceptors (Lipinski definition) is 10. The molecule has 11 nitrogen and oxygen atoms in total. The number of rotatable bonds is 11. The summed E-state index contributed by atoms with van der Waals surface area (Å²) < 4.78 is 72.9. The summed E-state index contributed by atoms with van der Waals surface area (Å²) in [6, 6.07) is 1.14. The van der Waals surface area contributed by atoms with Gasteiger partial charge in [0.05, 0.1) is 35.4 Å². The van der Waals surface area contributed by atoms with E-state index < -0.39 is 43.1 Å². The number of fused-ring (bicyclic) bond motifs is 1. The van der Waals surface area contributed by atoms with Crippen LogP contribution in [0.2, 0.25) is 0 Å². The van der Waals surface area contributed by atoms with E-state index in [4.69, 9.17) is 14.5 Å². The number of aromatic nitrogens is 3. The maximum absolute atomic E-state index is 13.5. The van der Waals surface area contributed by atoms with Crippen LogP contribution < -0.4 is 11.1 Å². The van der Waals surface area contributed by atoms with Crippen molar-refractivity contribution in [1.82, 2.24) is 15.0 Å². The molecule has 1 atom stereocenters. The van der Waals surface area contributed by atoms with Crippen molar-refractivity contribution in [1.29, 1.82) is 0 Å². The van der Waals surface area contributed by atoms with Gasteiger partial charge in [-0.2, -0.15) is 21.8 Å². The highest BCUT2D eigenvalue weighted by molar-refractivity contribution is 7.90. The van der Waals surface area contributed by atoms with Crippen molar-refractivity contribution in [2.24, 2.45) is 0 Å². The highest BCUT2D eigenvalue weighted by atomic mass is 32.2. The van der Waals surface area contributed by atoms with Crippen LogP contribution in [0.3, 0.4) is 0 Å². The Balaban J connectivity index is 2.28. The Morgan fingerprint density at radius 2 is 1.97 bits per heavy atom. The molecule has 0 aliphatic rings. The Labute approximate surface area is 174 Å². The van der Waals surface area contributed by atoms with Gasteiger partial charge >= 0.3 is 0 Å². The fourth-order valence-electron chi connectivity index (χ4n) is 2.61. The van der Waals surface area contributed by atoms with Gasteiger partial charge in [0.2, 0.25) is 5.95 Å². The Morgan fingerprint density at radius 3 is 2.60 bits per heavy atom. The summed E-state index contributed by atoms with van der Waals surface area (Å²) >= 11 is 0. The second kappa shape index (κ2) is 9.32. The van der Waals surface area contributed by atoms with Crippen molar-refractivity contribution >= 4 is 43.0 Å². The molecule has 14 heteroatoms. The predicted octanol–water partition coefficient (Wildman–Crippen LogP) is 1.34. The van der Waals surface area contributed by atoms with Crippen LogP contribution in [0.15, 0.2) is 12.3 Å². The number of halogens is 1. The summed E-state index contributed by atoms with van der Waals surface area (Å²) in [5.74, 6) is -2.42. The first-order valence-electron chi connectivity index (χ1n) is 9.02. The minimum atomic E-state index is -4.45. The van der Waals surface area contributed by atoms with Crippen LogP contribution in [0.1, 0.15) is 33.1 Å². The molecule has 0 aliphatic heterocycles. The van der Waals surface area contributed by atoms with Crippen LogP contribution in [0, 0.1) is 5.82 Å². The number of nitrogens with two attached hydrogens (primary N) is 1. The summed E-state index contributed by atoms with van der Waals surface area (Å²) in [6.07, 6.45) is 2.97. The standard InChI is InChI=1S/C16H24FN5O6S2/c1-3-4-5-16(2,10-28-30(26,27)7-6-29(23,24)25)22-14-13-12(20-15(18)21-14)8-11(17)9-19-13/h8-9H,3-7,10H2,1-2H3,(H,23,24,25)(H3,18,20,21,22)/t16-/m1/s1. The van der Waals surface area contributed by atoms with E-state index in [9.17, 15) is 21.2 Å². The predicted molar refractivity (Wildman–Crippen MR) is 109 cm³/mol. The first-order chi connectivity index (χ1) is 13.8.